The highest BCUT2D eigenvalue weighted by Gasteiger charge is 2.24. The molecule has 0 heterocycles. The first kappa shape index (κ1) is 10.8. The minimum Gasteiger partial charge on any atom is -0.497 e. The fraction of sp³-hybridized carbons (Fsp3) is 0.538. The molecule has 1 fully saturated rings. The van der Waals surface area contributed by atoms with E-state index < -0.39 is 0 Å². The van der Waals surface area contributed by atoms with Gasteiger partial charge in [-0.15, -0.1) is 11.6 Å². The Morgan fingerprint density at radius 3 is 2.53 bits per heavy atom. The lowest BCUT2D eigenvalue weighted by Crippen LogP contribution is -2.04. The van der Waals surface area contributed by atoms with Crippen LogP contribution in [-0.2, 0) is 6.42 Å². The summed E-state index contributed by atoms with van der Waals surface area (Å²) in [6.07, 6.45) is 4.91. The third-order valence-electron chi connectivity index (χ3n) is 2.90. The highest BCUT2D eigenvalue weighted by atomic mass is 35.5. The second-order valence-electron chi connectivity index (χ2n) is 4.33. The van der Waals surface area contributed by atoms with Crippen molar-refractivity contribution in [1.29, 1.82) is 0 Å². The molecule has 1 saturated carbocycles. The molecule has 0 amide bonds. The van der Waals surface area contributed by atoms with Gasteiger partial charge in [0.1, 0.15) is 5.75 Å². The van der Waals surface area contributed by atoms with E-state index in [1.807, 2.05) is 12.1 Å². The van der Waals surface area contributed by atoms with Crippen LogP contribution in [0.2, 0.25) is 0 Å². The highest BCUT2D eigenvalue weighted by molar-refractivity contribution is 6.20. The Balaban J connectivity index is 1.85. The number of ether oxygens (including phenoxy) is 1. The smallest absolute Gasteiger partial charge is 0.118 e. The van der Waals surface area contributed by atoms with Crippen LogP contribution < -0.4 is 4.74 Å². The van der Waals surface area contributed by atoms with E-state index in [1.165, 1.54) is 24.8 Å². The molecule has 1 aromatic rings. The molecule has 2 rings (SSSR count). The summed E-state index contributed by atoms with van der Waals surface area (Å²) in [5, 5.41) is 0.297. The number of benzene rings is 1. The maximum Gasteiger partial charge on any atom is 0.118 e. The molecule has 1 aliphatic rings. The molecule has 15 heavy (non-hydrogen) atoms. The maximum absolute atomic E-state index is 6.29. The van der Waals surface area contributed by atoms with Crippen LogP contribution in [0, 0.1) is 5.92 Å². The summed E-state index contributed by atoms with van der Waals surface area (Å²) >= 11 is 6.29. The van der Waals surface area contributed by atoms with Gasteiger partial charge in [0.25, 0.3) is 0 Å². The SMILES string of the molecule is COc1ccc(CC(Cl)CC2CC2)cc1. The summed E-state index contributed by atoms with van der Waals surface area (Å²) in [4.78, 5) is 0. The molecule has 0 saturated heterocycles. The summed E-state index contributed by atoms with van der Waals surface area (Å²) in [7, 11) is 1.69. The molecule has 0 bridgehead atoms. The Morgan fingerprint density at radius 1 is 1.33 bits per heavy atom. The van der Waals surface area contributed by atoms with Gasteiger partial charge in [0, 0.05) is 5.38 Å². The van der Waals surface area contributed by atoms with Crippen LogP contribution in [0.3, 0.4) is 0 Å². The number of halogens is 1. The number of rotatable bonds is 5. The second kappa shape index (κ2) is 4.89. The van der Waals surface area contributed by atoms with E-state index in [0.717, 1.165) is 18.1 Å². The maximum atomic E-state index is 6.29. The van der Waals surface area contributed by atoms with Crippen molar-refractivity contribution in [3.05, 3.63) is 29.8 Å². The van der Waals surface area contributed by atoms with Gasteiger partial charge < -0.3 is 4.74 Å². The Bertz CT molecular complexity index is 303. The van der Waals surface area contributed by atoms with Gasteiger partial charge in [-0.05, 0) is 36.5 Å². The predicted octanol–water partition coefficient (Wildman–Crippen LogP) is 3.65. The van der Waals surface area contributed by atoms with Gasteiger partial charge in [-0.25, -0.2) is 0 Å². The first-order chi connectivity index (χ1) is 7.28. The molecule has 0 spiro atoms. The standard InChI is InChI=1S/C13H17ClO/c1-15-13-6-4-11(5-7-13)9-12(14)8-10-2-3-10/h4-7,10,12H,2-3,8-9H2,1H3. The Hall–Kier alpha value is -0.690. The fourth-order valence-electron chi connectivity index (χ4n) is 1.82. The normalized spacial score (nSPS) is 17.5. The molecule has 0 aliphatic heterocycles. The van der Waals surface area contributed by atoms with Crippen LogP contribution in [0.4, 0.5) is 0 Å². The summed E-state index contributed by atoms with van der Waals surface area (Å²) in [6, 6.07) is 8.19. The zero-order valence-corrected chi connectivity index (χ0v) is 9.83. The summed E-state index contributed by atoms with van der Waals surface area (Å²) in [6.45, 7) is 0. The molecule has 1 atom stereocenters. The molecule has 0 aromatic heterocycles. The molecule has 82 valence electrons. The van der Waals surface area contributed by atoms with Crippen LogP contribution in [-0.4, -0.2) is 12.5 Å². The van der Waals surface area contributed by atoms with Gasteiger partial charge >= 0.3 is 0 Å². The summed E-state index contributed by atoms with van der Waals surface area (Å²) < 4.78 is 5.12. The average molecular weight is 225 g/mol. The van der Waals surface area contributed by atoms with E-state index in [-0.39, 0.29) is 0 Å². The third kappa shape index (κ3) is 3.42. The molecule has 0 radical (unpaired) electrons. The van der Waals surface area contributed by atoms with E-state index >= 15 is 0 Å². The van der Waals surface area contributed by atoms with Gasteiger partial charge in [-0.1, -0.05) is 25.0 Å². The van der Waals surface area contributed by atoms with Gasteiger partial charge in [0.2, 0.25) is 0 Å². The number of alkyl halides is 1. The molecule has 1 nitrogen and oxygen atoms in total. The predicted molar refractivity (Wildman–Crippen MR) is 63.7 cm³/mol. The monoisotopic (exact) mass is 224 g/mol. The van der Waals surface area contributed by atoms with E-state index in [0.29, 0.717) is 5.38 Å². The number of hydrogen-bond acceptors (Lipinski definition) is 1. The van der Waals surface area contributed by atoms with Crippen molar-refractivity contribution in [2.24, 2.45) is 5.92 Å². The van der Waals surface area contributed by atoms with Crippen molar-refractivity contribution in [2.45, 2.75) is 31.1 Å². The zero-order chi connectivity index (χ0) is 10.7. The van der Waals surface area contributed by atoms with Crippen molar-refractivity contribution in [2.75, 3.05) is 7.11 Å². The Labute approximate surface area is 96.4 Å². The molecule has 1 aliphatic carbocycles. The van der Waals surface area contributed by atoms with Gasteiger partial charge in [-0.2, -0.15) is 0 Å². The molecule has 2 heteroatoms. The highest BCUT2D eigenvalue weighted by Crippen LogP contribution is 2.35. The Morgan fingerprint density at radius 2 is 2.00 bits per heavy atom. The van der Waals surface area contributed by atoms with E-state index in [1.54, 1.807) is 7.11 Å². The van der Waals surface area contributed by atoms with Crippen LogP contribution in [0.1, 0.15) is 24.8 Å². The quantitative estimate of drug-likeness (QED) is 0.694. The molecular formula is C13H17ClO. The van der Waals surface area contributed by atoms with Crippen LogP contribution in [0.5, 0.6) is 5.75 Å². The fourth-order valence-corrected chi connectivity index (χ4v) is 2.25. The topological polar surface area (TPSA) is 9.23 Å². The zero-order valence-electron chi connectivity index (χ0n) is 9.08. The second-order valence-corrected chi connectivity index (χ2v) is 4.95. The number of methoxy groups -OCH3 is 1. The molecule has 1 unspecified atom stereocenters. The Kier molecular flexibility index (Phi) is 3.53. The molecule has 1 aromatic carbocycles. The minimum absolute atomic E-state index is 0.297. The van der Waals surface area contributed by atoms with Crippen molar-refractivity contribution in [1.82, 2.24) is 0 Å². The lowest BCUT2D eigenvalue weighted by Gasteiger charge is -2.09. The lowest BCUT2D eigenvalue weighted by atomic mass is 10.1. The van der Waals surface area contributed by atoms with Gasteiger partial charge in [0.05, 0.1) is 7.11 Å². The molecule has 0 N–H and O–H groups in total. The van der Waals surface area contributed by atoms with E-state index in [4.69, 9.17) is 16.3 Å². The first-order valence-electron chi connectivity index (χ1n) is 5.55. The average Bonchev–Trinajstić information content (AvgIpc) is 3.03. The van der Waals surface area contributed by atoms with E-state index in [2.05, 4.69) is 12.1 Å². The van der Waals surface area contributed by atoms with Crippen molar-refractivity contribution < 1.29 is 4.74 Å². The van der Waals surface area contributed by atoms with Crippen molar-refractivity contribution >= 4 is 11.6 Å². The van der Waals surface area contributed by atoms with Gasteiger partial charge in [-0.3, -0.25) is 0 Å². The summed E-state index contributed by atoms with van der Waals surface area (Å²) in [5.74, 6) is 1.82. The van der Waals surface area contributed by atoms with Crippen LogP contribution >= 0.6 is 11.6 Å². The minimum atomic E-state index is 0.297. The van der Waals surface area contributed by atoms with Gasteiger partial charge in [0.15, 0.2) is 0 Å². The van der Waals surface area contributed by atoms with Crippen LogP contribution in [0.25, 0.3) is 0 Å². The first-order valence-corrected chi connectivity index (χ1v) is 5.98. The largest absolute Gasteiger partial charge is 0.497 e. The van der Waals surface area contributed by atoms with Crippen molar-refractivity contribution in [3.63, 3.8) is 0 Å². The van der Waals surface area contributed by atoms with E-state index in [9.17, 15) is 0 Å². The van der Waals surface area contributed by atoms with Crippen molar-refractivity contribution in [3.8, 4) is 5.75 Å². The number of hydrogen-bond donors (Lipinski definition) is 0. The molecular weight excluding hydrogens is 208 g/mol. The third-order valence-corrected chi connectivity index (χ3v) is 3.23. The summed E-state index contributed by atoms with van der Waals surface area (Å²) in [5.41, 5.74) is 1.30. The lowest BCUT2D eigenvalue weighted by molar-refractivity contribution is 0.414. The van der Waals surface area contributed by atoms with Crippen LogP contribution in [0.15, 0.2) is 24.3 Å².